The lowest BCUT2D eigenvalue weighted by Gasteiger charge is -2.37. The molecule has 0 spiro atoms. The molecule has 232 valence electrons. The monoisotopic (exact) mass is 589 g/mol. The van der Waals surface area contributed by atoms with Crippen LogP contribution in [0.4, 0.5) is 0 Å². The van der Waals surface area contributed by atoms with Crippen LogP contribution < -0.4 is 15.7 Å². The van der Waals surface area contributed by atoms with E-state index in [0.717, 1.165) is 69.2 Å². The number of piperidine rings is 1. The van der Waals surface area contributed by atoms with E-state index in [9.17, 15) is 14.7 Å². The maximum atomic E-state index is 13.3. The molecule has 1 saturated heterocycles. The number of aromatic amines is 1. The highest BCUT2D eigenvalue weighted by Gasteiger charge is 2.31. The Labute approximate surface area is 254 Å². The summed E-state index contributed by atoms with van der Waals surface area (Å²) in [4.78, 5) is 36.5. The lowest BCUT2D eigenvalue weighted by molar-refractivity contribution is -0.126. The van der Waals surface area contributed by atoms with Crippen molar-refractivity contribution in [3.8, 4) is 5.75 Å². The first-order chi connectivity index (χ1) is 20.5. The van der Waals surface area contributed by atoms with Crippen LogP contribution in [0.1, 0.15) is 88.2 Å². The molecule has 2 amide bonds. The quantitative estimate of drug-likeness (QED) is 0.344. The van der Waals surface area contributed by atoms with Crippen LogP contribution in [0, 0.1) is 11.8 Å². The third-order valence-corrected chi connectivity index (χ3v) is 9.20. The van der Waals surface area contributed by atoms with Crippen molar-refractivity contribution in [1.82, 2.24) is 19.8 Å². The molecule has 0 radical (unpaired) electrons. The van der Waals surface area contributed by atoms with E-state index >= 15 is 0 Å². The number of amides is 2. The van der Waals surface area contributed by atoms with Crippen molar-refractivity contribution in [2.45, 2.75) is 90.4 Å². The SMILES string of the molecule is COc1ccc(C(=O)/N=c2\[nH]c3ccc(CN4CCC(C(C)(C)O)CC4)cc3n2[C@H]2CC[C@@H](C(=O)NC(C)C)CC2)cc1. The van der Waals surface area contributed by atoms with Crippen molar-refractivity contribution in [2.24, 2.45) is 16.8 Å². The number of ether oxygens (including phenoxy) is 1. The first-order valence-electron chi connectivity index (χ1n) is 15.7. The molecule has 43 heavy (non-hydrogen) atoms. The van der Waals surface area contributed by atoms with E-state index < -0.39 is 5.60 Å². The number of imidazole rings is 1. The summed E-state index contributed by atoms with van der Waals surface area (Å²) in [7, 11) is 1.60. The minimum atomic E-state index is -0.640. The first kappa shape index (κ1) is 31.0. The predicted molar refractivity (Wildman–Crippen MR) is 168 cm³/mol. The number of aliphatic hydroxyl groups is 1. The van der Waals surface area contributed by atoms with Gasteiger partial charge >= 0.3 is 0 Å². The average Bonchev–Trinajstić information content (AvgIpc) is 3.33. The van der Waals surface area contributed by atoms with E-state index in [2.05, 4.69) is 43.0 Å². The molecule has 1 aliphatic carbocycles. The minimum Gasteiger partial charge on any atom is -0.497 e. The molecule has 2 heterocycles. The van der Waals surface area contributed by atoms with Gasteiger partial charge in [0.15, 0.2) is 0 Å². The summed E-state index contributed by atoms with van der Waals surface area (Å²) < 4.78 is 7.43. The molecule has 2 aromatic carbocycles. The fraction of sp³-hybridized carbons (Fsp3) is 0.559. The van der Waals surface area contributed by atoms with E-state index in [0.29, 0.717) is 22.8 Å². The second-order valence-electron chi connectivity index (χ2n) is 13.2. The minimum absolute atomic E-state index is 0.00756. The fourth-order valence-electron chi connectivity index (χ4n) is 6.68. The molecule has 1 saturated carbocycles. The third kappa shape index (κ3) is 7.39. The zero-order valence-corrected chi connectivity index (χ0v) is 26.2. The third-order valence-electron chi connectivity index (χ3n) is 9.20. The molecule has 3 aromatic rings. The van der Waals surface area contributed by atoms with Gasteiger partial charge in [-0.3, -0.25) is 14.5 Å². The highest BCUT2D eigenvalue weighted by molar-refractivity contribution is 5.95. The maximum absolute atomic E-state index is 13.3. The summed E-state index contributed by atoms with van der Waals surface area (Å²) in [6.07, 6.45) is 5.23. The van der Waals surface area contributed by atoms with Crippen LogP contribution in [0.3, 0.4) is 0 Å². The molecule has 0 atom stereocenters. The van der Waals surface area contributed by atoms with Gasteiger partial charge in [0.25, 0.3) is 5.91 Å². The largest absolute Gasteiger partial charge is 0.497 e. The molecule has 5 rings (SSSR count). The number of carbonyl (C=O) groups is 2. The number of aromatic nitrogens is 2. The molecule has 9 heteroatoms. The first-order valence-corrected chi connectivity index (χ1v) is 15.7. The number of rotatable bonds is 8. The lowest BCUT2D eigenvalue weighted by Crippen LogP contribution is -2.41. The van der Waals surface area contributed by atoms with Gasteiger partial charge in [-0.2, -0.15) is 4.99 Å². The number of benzene rings is 2. The van der Waals surface area contributed by atoms with Crippen molar-refractivity contribution >= 4 is 22.8 Å². The summed E-state index contributed by atoms with van der Waals surface area (Å²) in [6, 6.07) is 13.7. The van der Waals surface area contributed by atoms with Crippen LogP contribution in [0.15, 0.2) is 47.5 Å². The van der Waals surface area contributed by atoms with Crippen LogP contribution in [-0.4, -0.2) is 63.2 Å². The maximum Gasteiger partial charge on any atom is 0.280 e. The van der Waals surface area contributed by atoms with E-state index in [1.807, 2.05) is 27.7 Å². The van der Waals surface area contributed by atoms with Gasteiger partial charge in [0.2, 0.25) is 11.5 Å². The topological polar surface area (TPSA) is 112 Å². The summed E-state index contributed by atoms with van der Waals surface area (Å²) in [5.74, 6) is 0.833. The number of likely N-dealkylation sites (tertiary alicyclic amines) is 1. The Morgan fingerprint density at radius 1 is 1.05 bits per heavy atom. The molecule has 0 bridgehead atoms. The Kier molecular flexibility index (Phi) is 9.42. The van der Waals surface area contributed by atoms with E-state index in [1.165, 1.54) is 5.56 Å². The Bertz CT molecular complexity index is 1480. The fourth-order valence-corrected chi connectivity index (χ4v) is 6.68. The van der Waals surface area contributed by atoms with Gasteiger partial charge in [0.05, 0.1) is 23.7 Å². The van der Waals surface area contributed by atoms with Gasteiger partial charge in [0, 0.05) is 30.1 Å². The van der Waals surface area contributed by atoms with Gasteiger partial charge in [-0.15, -0.1) is 0 Å². The Hall–Kier alpha value is -3.43. The lowest BCUT2D eigenvalue weighted by atomic mass is 9.83. The molecular formula is C34H47N5O4. The number of H-pyrrole nitrogens is 1. The van der Waals surface area contributed by atoms with Crippen LogP contribution in [0.5, 0.6) is 5.75 Å². The Morgan fingerprint density at radius 2 is 1.72 bits per heavy atom. The van der Waals surface area contributed by atoms with Crippen LogP contribution in [-0.2, 0) is 11.3 Å². The van der Waals surface area contributed by atoms with Crippen LogP contribution in [0.2, 0.25) is 0 Å². The molecule has 1 aromatic heterocycles. The number of nitrogens with one attached hydrogen (secondary N) is 2. The van der Waals surface area contributed by atoms with Crippen LogP contribution in [0.25, 0.3) is 11.0 Å². The van der Waals surface area contributed by atoms with E-state index in [4.69, 9.17) is 4.74 Å². The summed E-state index contributed by atoms with van der Waals surface area (Å²) in [5, 5.41) is 13.5. The summed E-state index contributed by atoms with van der Waals surface area (Å²) in [6.45, 7) is 10.6. The molecule has 1 aliphatic heterocycles. The Morgan fingerprint density at radius 3 is 2.33 bits per heavy atom. The highest BCUT2D eigenvalue weighted by atomic mass is 16.5. The molecular weight excluding hydrogens is 542 g/mol. The smallest absolute Gasteiger partial charge is 0.280 e. The molecule has 9 nitrogen and oxygen atoms in total. The van der Waals surface area contributed by atoms with Gasteiger partial charge in [-0.05, 0) is 127 Å². The second-order valence-corrected chi connectivity index (χ2v) is 13.2. The standard InChI is InChI=1S/C34H47N5O4/c1-22(2)35-31(40)24-7-11-27(12-8-24)39-30-20-23(21-38-18-16-26(17-19-38)34(3,4)42)6-15-29(30)36-33(39)37-32(41)25-9-13-28(43-5)14-10-25/h6,9-10,13-15,20,22,24,26-27,42H,7-8,11-12,16-19,21H2,1-5H3,(H,35,40)(H,36,37,41)/t24-,27+. The number of carbonyl (C=O) groups excluding carboxylic acids is 2. The van der Waals surface area contributed by atoms with Gasteiger partial charge < -0.3 is 24.7 Å². The van der Waals surface area contributed by atoms with Crippen molar-refractivity contribution in [2.75, 3.05) is 20.2 Å². The molecule has 0 unspecified atom stereocenters. The molecule has 2 aliphatic rings. The van der Waals surface area contributed by atoms with Gasteiger partial charge in [0.1, 0.15) is 5.75 Å². The number of fused-ring (bicyclic) bond motifs is 1. The van der Waals surface area contributed by atoms with Crippen LogP contribution >= 0.6 is 0 Å². The van der Waals surface area contributed by atoms with Crippen molar-refractivity contribution in [3.05, 3.63) is 59.2 Å². The van der Waals surface area contributed by atoms with Crippen molar-refractivity contribution in [3.63, 3.8) is 0 Å². The van der Waals surface area contributed by atoms with Gasteiger partial charge in [-0.25, -0.2) is 0 Å². The summed E-state index contributed by atoms with van der Waals surface area (Å²) in [5.41, 5.74) is 3.56. The van der Waals surface area contributed by atoms with Gasteiger partial charge in [-0.1, -0.05) is 6.07 Å². The van der Waals surface area contributed by atoms with Crippen molar-refractivity contribution < 1.29 is 19.4 Å². The van der Waals surface area contributed by atoms with E-state index in [1.54, 1.807) is 31.4 Å². The zero-order chi connectivity index (χ0) is 30.7. The normalized spacial score (nSPS) is 21.0. The number of methoxy groups -OCH3 is 1. The molecule has 3 N–H and O–H groups in total. The zero-order valence-electron chi connectivity index (χ0n) is 26.2. The molecule has 2 fully saturated rings. The number of nitrogens with zero attached hydrogens (tertiary/aromatic N) is 3. The predicted octanol–water partition coefficient (Wildman–Crippen LogP) is 4.96. The van der Waals surface area contributed by atoms with E-state index in [-0.39, 0.29) is 29.8 Å². The number of hydrogen-bond acceptors (Lipinski definition) is 5. The second kappa shape index (κ2) is 13.1. The highest BCUT2D eigenvalue weighted by Crippen LogP contribution is 2.34. The van der Waals surface area contributed by atoms with Crippen molar-refractivity contribution in [1.29, 1.82) is 0 Å². The number of hydrogen-bond donors (Lipinski definition) is 3. The average molecular weight is 590 g/mol. The summed E-state index contributed by atoms with van der Waals surface area (Å²) >= 11 is 0. The Balaban J connectivity index is 1.43.